The smallest absolute Gasteiger partial charge is 0.409 e. The molecule has 1 fully saturated rings. The number of rotatable bonds is 9. The zero-order valence-electron chi connectivity index (χ0n) is 20.2. The molecule has 35 heavy (non-hydrogen) atoms. The van der Waals surface area contributed by atoms with E-state index in [1.54, 1.807) is 24.0 Å². The highest BCUT2D eigenvalue weighted by molar-refractivity contribution is 7.89. The highest BCUT2D eigenvalue weighted by Gasteiger charge is 2.31. The standard InChI is InChI=1S/C24H31N3O7S/c1-4-34-24(29)26-14-12-25(13-15-26)23(28)18-27(17-19-8-6-5-7-9-19)35(30,31)20-10-11-21(32-2)22(16-20)33-3/h5-11,16H,4,12-15,17-18H2,1-3H3. The third-order valence-corrected chi connectivity index (χ3v) is 7.45. The van der Waals surface area contributed by atoms with E-state index in [4.69, 9.17) is 14.2 Å². The van der Waals surface area contributed by atoms with Gasteiger partial charge in [0.2, 0.25) is 15.9 Å². The molecule has 1 saturated heterocycles. The molecule has 3 rings (SSSR count). The molecule has 2 aromatic rings. The molecule has 1 aliphatic rings. The van der Waals surface area contributed by atoms with Crippen molar-refractivity contribution in [2.45, 2.75) is 18.4 Å². The van der Waals surface area contributed by atoms with Crippen LogP contribution < -0.4 is 9.47 Å². The van der Waals surface area contributed by atoms with Crippen molar-refractivity contribution in [1.29, 1.82) is 0 Å². The second kappa shape index (κ2) is 11.9. The number of ether oxygens (including phenoxy) is 3. The van der Waals surface area contributed by atoms with Gasteiger partial charge in [0.05, 0.1) is 32.3 Å². The maximum Gasteiger partial charge on any atom is 0.409 e. The van der Waals surface area contributed by atoms with Crippen LogP contribution in [0.15, 0.2) is 53.4 Å². The molecule has 0 radical (unpaired) electrons. The molecule has 11 heteroatoms. The lowest BCUT2D eigenvalue weighted by atomic mass is 10.2. The summed E-state index contributed by atoms with van der Waals surface area (Å²) in [6, 6.07) is 13.4. The monoisotopic (exact) mass is 505 g/mol. The van der Waals surface area contributed by atoms with E-state index < -0.39 is 16.1 Å². The summed E-state index contributed by atoms with van der Waals surface area (Å²) in [5.74, 6) is 0.333. The Bertz CT molecular complexity index is 1120. The molecule has 10 nitrogen and oxygen atoms in total. The molecule has 0 saturated carbocycles. The minimum Gasteiger partial charge on any atom is -0.493 e. The molecular formula is C24H31N3O7S. The van der Waals surface area contributed by atoms with Gasteiger partial charge in [0, 0.05) is 38.8 Å². The number of sulfonamides is 1. The van der Waals surface area contributed by atoms with Gasteiger partial charge in [-0.1, -0.05) is 30.3 Å². The van der Waals surface area contributed by atoms with Crippen LogP contribution in [0.4, 0.5) is 4.79 Å². The topological polar surface area (TPSA) is 106 Å². The van der Waals surface area contributed by atoms with Gasteiger partial charge in [0.1, 0.15) is 0 Å². The van der Waals surface area contributed by atoms with E-state index in [1.807, 2.05) is 18.2 Å². The first kappa shape index (κ1) is 26.3. The molecule has 0 atom stereocenters. The van der Waals surface area contributed by atoms with Crippen LogP contribution in [-0.4, -0.2) is 88.1 Å². The van der Waals surface area contributed by atoms with Crippen LogP contribution in [0.1, 0.15) is 12.5 Å². The summed E-state index contributed by atoms with van der Waals surface area (Å²) in [6.07, 6.45) is -0.415. The summed E-state index contributed by atoms with van der Waals surface area (Å²) in [6.45, 7) is 2.94. The number of amides is 2. The normalized spacial score (nSPS) is 14.1. The second-order valence-corrected chi connectivity index (χ2v) is 9.78. The van der Waals surface area contributed by atoms with Gasteiger partial charge in [-0.2, -0.15) is 4.31 Å². The molecule has 0 unspecified atom stereocenters. The van der Waals surface area contributed by atoms with Gasteiger partial charge in [0.15, 0.2) is 11.5 Å². The number of hydrogen-bond donors (Lipinski definition) is 0. The third-order valence-electron chi connectivity index (χ3n) is 5.66. The van der Waals surface area contributed by atoms with E-state index in [0.717, 1.165) is 9.87 Å². The molecule has 0 spiro atoms. The fourth-order valence-corrected chi connectivity index (χ4v) is 5.14. The van der Waals surface area contributed by atoms with Crippen molar-refractivity contribution in [1.82, 2.24) is 14.1 Å². The lowest BCUT2D eigenvalue weighted by molar-refractivity contribution is -0.133. The fourth-order valence-electron chi connectivity index (χ4n) is 3.74. The molecule has 2 aromatic carbocycles. The minimum atomic E-state index is -4.06. The SMILES string of the molecule is CCOC(=O)N1CCN(C(=O)CN(Cc2ccccc2)S(=O)(=O)c2ccc(OC)c(OC)c2)CC1. The maximum atomic E-state index is 13.6. The van der Waals surface area contributed by atoms with Crippen molar-refractivity contribution in [3.8, 4) is 11.5 Å². The number of nitrogens with zero attached hydrogens (tertiary/aromatic N) is 3. The summed E-state index contributed by atoms with van der Waals surface area (Å²) >= 11 is 0. The Morgan fingerprint density at radius 1 is 0.914 bits per heavy atom. The molecule has 190 valence electrons. The summed E-state index contributed by atoms with van der Waals surface area (Å²) < 4.78 is 43.9. The first-order valence-corrected chi connectivity index (χ1v) is 12.7. The first-order valence-electron chi connectivity index (χ1n) is 11.3. The molecule has 0 aliphatic carbocycles. The average molecular weight is 506 g/mol. The summed E-state index contributed by atoms with van der Waals surface area (Å²) in [5.41, 5.74) is 0.747. The van der Waals surface area contributed by atoms with Gasteiger partial charge in [0.25, 0.3) is 0 Å². The number of carbonyl (C=O) groups excluding carboxylic acids is 2. The number of piperazine rings is 1. The zero-order chi connectivity index (χ0) is 25.4. The highest BCUT2D eigenvalue weighted by atomic mass is 32.2. The summed E-state index contributed by atoms with van der Waals surface area (Å²) in [7, 11) is -1.16. The van der Waals surface area contributed by atoms with E-state index in [2.05, 4.69) is 0 Å². The van der Waals surface area contributed by atoms with Gasteiger partial charge in [-0.05, 0) is 24.6 Å². The predicted octanol–water partition coefficient (Wildman–Crippen LogP) is 2.20. The van der Waals surface area contributed by atoms with Crippen molar-refractivity contribution in [3.63, 3.8) is 0 Å². The lowest BCUT2D eigenvalue weighted by Gasteiger charge is -2.35. The lowest BCUT2D eigenvalue weighted by Crippen LogP contribution is -2.53. The van der Waals surface area contributed by atoms with Crippen molar-refractivity contribution >= 4 is 22.0 Å². The largest absolute Gasteiger partial charge is 0.493 e. The predicted molar refractivity (Wildman–Crippen MR) is 129 cm³/mol. The van der Waals surface area contributed by atoms with E-state index >= 15 is 0 Å². The Balaban J connectivity index is 1.81. The van der Waals surface area contributed by atoms with Crippen LogP contribution in [0.2, 0.25) is 0 Å². The first-order chi connectivity index (χ1) is 16.8. The molecule has 1 aliphatic heterocycles. The quantitative estimate of drug-likeness (QED) is 0.514. The number of methoxy groups -OCH3 is 2. The molecular weight excluding hydrogens is 474 g/mol. The Kier molecular flexibility index (Phi) is 8.94. The maximum absolute atomic E-state index is 13.6. The molecule has 0 N–H and O–H groups in total. The van der Waals surface area contributed by atoms with E-state index in [0.29, 0.717) is 31.9 Å². The van der Waals surface area contributed by atoms with Crippen LogP contribution in [-0.2, 0) is 26.1 Å². The number of benzene rings is 2. The zero-order valence-corrected chi connectivity index (χ0v) is 21.0. The van der Waals surface area contributed by atoms with Gasteiger partial charge in [-0.25, -0.2) is 13.2 Å². The average Bonchev–Trinajstić information content (AvgIpc) is 2.88. The van der Waals surface area contributed by atoms with Gasteiger partial charge in [-0.15, -0.1) is 0 Å². The number of hydrogen-bond acceptors (Lipinski definition) is 7. The van der Waals surface area contributed by atoms with Crippen LogP contribution in [0.5, 0.6) is 11.5 Å². The van der Waals surface area contributed by atoms with Crippen molar-refractivity contribution < 1.29 is 32.2 Å². The molecule has 2 amide bonds. The Morgan fingerprint density at radius 2 is 1.54 bits per heavy atom. The highest BCUT2D eigenvalue weighted by Crippen LogP contribution is 2.31. The van der Waals surface area contributed by atoms with Gasteiger partial charge < -0.3 is 24.0 Å². The fraction of sp³-hybridized carbons (Fsp3) is 0.417. The molecule has 0 aromatic heterocycles. The van der Waals surface area contributed by atoms with Gasteiger partial charge >= 0.3 is 6.09 Å². The van der Waals surface area contributed by atoms with Crippen LogP contribution in [0.3, 0.4) is 0 Å². The van der Waals surface area contributed by atoms with Crippen molar-refractivity contribution in [3.05, 3.63) is 54.1 Å². The number of carbonyl (C=O) groups is 2. The molecule has 1 heterocycles. The summed E-state index contributed by atoms with van der Waals surface area (Å²) in [4.78, 5) is 28.2. The van der Waals surface area contributed by atoms with Gasteiger partial charge in [-0.3, -0.25) is 4.79 Å². The summed E-state index contributed by atoms with van der Waals surface area (Å²) in [5, 5.41) is 0. The van der Waals surface area contributed by atoms with Crippen molar-refractivity contribution in [2.75, 3.05) is 53.6 Å². The van der Waals surface area contributed by atoms with E-state index in [9.17, 15) is 18.0 Å². The Labute approximate surface area is 206 Å². The van der Waals surface area contributed by atoms with Crippen LogP contribution in [0, 0.1) is 0 Å². The molecule has 0 bridgehead atoms. The van der Waals surface area contributed by atoms with Crippen LogP contribution >= 0.6 is 0 Å². The minimum absolute atomic E-state index is 0.00832. The van der Waals surface area contributed by atoms with Crippen LogP contribution in [0.25, 0.3) is 0 Å². The second-order valence-electron chi connectivity index (χ2n) is 7.84. The third kappa shape index (κ3) is 6.43. The van der Waals surface area contributed by atoms with E-state index in [-0.39, 0.29) is 36.2 Å². The Morgan fingerprint density at radius 3 is 2.14 bits per heavy atom. The van der Waals surface area contributed by atoms with Crippen molar-refractivity contribution in [2.24, 2.45) is 0 Å². The van der Waals surface area contributed by atoms with E-state index in [1.165, 1.54) is 37.3 Å². The Hall–Kier alpha value is -3.31.